The van der Waals surface area contributed by atoms with Crippen LogP contribution in [-0.2, 0) is 14.4 Å². The first kappa shape index (κ1) is 18.8. The van der Waals surface area contributed by atoms with Gasteiger partial charge in [-0.2, -0.15) is 0 Å². The summed E-state index contributed by atoms with van der Waals surface area (Å²) in [7, 11) is 3.29. The maximum absolute atomic E-state index is 12.6. The van der Waals surface area contributed by atoms with E-state index in [-0.39, 0.29) is 30.2 Å². The van der Waals surface area contributed by atoms with Crippen LogP contribution in [0.1, 0.15) is 37.3 Å². The first-order valence-corrected chi connectivity index (χ1v) is 8.33. The normalized spacial score (nSPS) is 20.2. The molecule has 2 rings (SSSR count). The topological polar surface area (TPSA) is 95.9 Å². The number of carbonyl (C=O) groups is 3. The molecule has 2 amide bonds. The number of piperidine rings is 1. The number of rotatable bonds is 7. The lowest BCUT2D eigenvalue weighted by molar-refractivity contribution is -0.142. The molecule has 0 aliphatic carbocycles. The van der Waals surface area contributed by atoms with Crippen molar-refractivity contribution >= 4 is 17.8 Å². The van der Waals surface area contributed by atoms with Gasteiger partial charge in [-0.25, -0.2) is 0 Å². The van der Waals surface area contributed by atoms with Crippen molar-refractivity contribution in [1.82, 2.24) is 10.2 Å². The second kappa shape index (κ2) is 8.50. The van der Waals surface area contributed by atoms with E-state index in [1.54, 1.807) is 19.1 Å². The molecular formula is C18H24N2O5. The second-order valence-corrected chi connectivity index (χ2v) is 6.16. The average Bonchev–Trinajstić information content (AvgIpc) is 2.60. The summed E-state index contributed by atoms with van der Waals surface area (Å²) in [4.78, 5) is 36.9. The number of carboxylic acid groups (broad SMARTS) is 1. The molecule has 136 valence electrons. The Balaban J connectivity index is 2.11. The molecule has 1 fully saturated rings. The number of nitrogens with one attached hydrogen (secondary N) is 1. The first-order valence-electron chi connectivity index (χ1n) is 8.33. The minimum absolute atomic E-state index is 0.00995. The van der Waals surface area contributed by atoms with Crippen LogP contribution in [-0.4, -0.2) is 48.5 Å². The fourth-order valence-electron chi connectivity index (χ4n) is 3.15. The molecule has 0 radical (unpaired) electrons. The molecule has 0 aromatic heterocycles. The van der Waals surface area contributed by atoms with Crippen LogP contribution in [0.3, 0.4) is 0 Å². The second-order valence-electron chi connectivity index (χ2n) is 6.16. The van der Waals surface area contributed by atoms with Crippen molar-refractivity contribution in [2.45, 2.75) is 31.7 Å². The number of hydrogen-bond acceptors (Lipinski definition) is 4. The van der Waals surface area contributed by atoms with Crippen LogP contribution in [0.2, 0.25) is 0 Å². The highest BCUT2D eigenvalue weighted by molar-refractivity contribution is 5.85. The van der Waals surface area contributed by atoms with Crippen molar-refractivity contribution < 1.29 is 24.2 Å². The quantitative estimate of drug-likeness (QED) is 0.730. The molecule has 2 N–H and O–H groups in total. The van der Waals surface area contributed by atoms with Gasteiger partial charge in [0.2, 0.25) is 11.8 Å². The summed E-state index contributed by atoms with van der Waals surface area (Å²) in [5.74, 6) is -0.668. The average molecular weight is 348 g/mol. The number of methoxy groups -OCH3 is 1. The minimum atomic E-state index is -0.881. The van der Waals surface area contributed by atoms with Crippen molar-refractivity contribution in [2.75, 3.05) is 20.7 Å². The van der Waals surface area contributed by atoms with E-state index in [0.29, 0.717) is 31.6 Å². The summed E-state index contributed by atoms with van der Waals surface area (Å²) in [6, 6.07) is 7.01. The van der Waals surface area contributed by atoms with Gasteiger partial charge in [-0.1, -0.05) is 12.1 Å². The van der Waals surface area contributed by atoms with Crippen LogP contribution in [0, 0.1) is 5.92 Å². The van der Waals surface area contributed by atoms with E-state index < -0.39 is 5.97 Å². The van der Waals surface area contributed by atoms with Crippen LogP contribution < -0.4 is 10.1 Å². The van der Waals surface area contributed by atoms with Gasteiger partial charge < -0.3 is 20.1 Å². The lowest BCUT2D eigenvalue weighted by atomic mass is 9.84. The predicted octanol–water partition coefficient (Wildman–Crippen LogP) is 1.59. The van der Waals surface area contributed by atoms with Crippen molar-refractivity contribution in [3.63, 3.8) is 0 Å². The summed E-state index contributed by atoms with van der Waals surface area (Å²) in [5.41, 5.74) is 0.877. The van der Waals surface area contributed by atoms with E-state index in [4.69, 9.17) is 9.84 Å². The van der Waals surface area contributed by atoms with E-state index in [0.717, 1.165) is 5.56 Å². The highest BCUT2D eigenvalue weighted by Gasteiger charge is 2.38. The highest BCUT2D eigenvalue weighted by atomic mass is 16.5. The fraction of sp³-hybridized carbons (Fsp3) is 0.500. The van der Waals surface area contributed by atoms with Gasteiger partial charge in [-0.15, -0.1) is 0 Å². The summed E-state index contributed by atoms with van der Waals surface area (Å²) >= 11 is 0. The minimum Gasteiger partial charge on any atom is -0.497 e. The molecule has 2 unspecified atom stereocenters. The number of aliphatic carboxylic acids is 1. The zero-order valence-corrected chi connectivity index (χ0v) is 14.5. The van der Waals surface area contributed by atoms with E-state index in [1.807, 2.05) is 24.3 Å². The molecule has 7 heteroatoms. The summed E-state index contributed by atoms with van der Waals surface area (Å²) in [6.07, 6.45) is 1.21. The Morgan fingerprint density at radius 2 is 2.00 bits per heavy atom. The third-order valence-electron chi connectivity index (χ3n) is 4.52. The molecule has 7 nitrogen and oxygen atoms in total. The third-order valence-corrected chi connectivity index (χ3v) is 4.52. The number of ether oxygens (including phenoxy) is 1. The smallest absolute Gasteiger partial charge is 0.303 e. The number of carbonyl (C=O) groups excluding carboxylic acids is 2. The van der Waals surface area contributed by atoms with E-state index in [1.165, 1.54) is 0 Å². The van der Waals surface area contributed by atoms with Crippen LogP contribution in [0.25, 0.3) is 0 Å². The Hall–Kier alpha value is -2.57. The Labute approximate surface area is 147 Å². The molecular weight excluding hydrogens is 324 g/mol. The van der Waals surface area contributed by atoms with E-state index in [9.17, 15) is 14.4 Å². The molecule has 1 aromatic rings. The van der Waals surface area contributed by atoms with Gasteiger partial charge in [0.15, 0.2) is 0 Å². The lowest BCUT2D eigenvalue weighted by Crippen LogP contribution is -2.46. The largest absolute Gasteiger partial charge is 0.497 e. The van der Waals surface area contributed by atoms with Gasteiger partial charge in [-0.3, -0.25) is 14.4 Å². The summed E-state index contributed by atoms with van der Waals surface area (Å²) in [5, 5.41) is 11.5. The van der Waals surface area contributed by atoms with Crippen molar-refractivity contribution in [1.29, 1.82) is 0 Å². The standard InChI is InChI=1S/C18H24N2O5/c1-20-15(21)10-9-14(18(24)19-11-3-4-16(22)23)17(20)12-5-7-13(25-2)8-6-12/h5-8,14,17H,3-4,9-11H2,1-2H3,(H,19,24)(H,22,23). The zero-order chi connectivity index (χ0) is 18.4. The molecule has 25 heavy (non-hydrogen) atoms. The zero-order valence-electron chi connectivity index (χ0n) is 14.5. The third kappa shape index (κ3) is 4.71. The molecule has 2 atom stereocenters. The van der Waals surface area contributed by atoms with Crippen LogP contribution >= 0.6 is 0 Å². The molecule has 1 saturated heterocycles. The summed E-state index contributed by atoms with van der Waals surface area (Å²) in [6.45, 7) is 0.314. The number of benzene rings is 1. The van der Waals surface area contributed by atoms with Gasteiger partial charge in [0.1, 0.15) is 5.75 Å². The maximum Gasteiger partial charge on any atom is 0.303 e. The van der Waals surface area contributed by atoms with E-state index >= 15 is 0 Å². The van der Waals surface area contributed by atoms with Crippen molar-refractivity contribution in [3.8, 4) is 5.75 Å². The maximum atomic E-state index is 12.6. The van der Waals surface area contributed by atoms with Crippen molar-refractivity contribution in [2.24, 2.45) is 5.92 Å². The summed E-state index contributed by atoms with van der Waals surface area (Å²) < 4.78 is 5.16. The van der Waals surface area contributed by atoms with Crippen LogP contribution in [0.15, 0.2) is 24.3 Å². The number of likely N-dealkylation sites (tertiary alicyclic amines) is 1. The first-order chi connectivity index (χ1) is 11.9. The van der Waals surface area contributed by atoms with Gasteiger partial charge in [0.25, 0.3) is 0 Å². The molecule has 1 heterocycles. The monoisotopic (exact) mass is 348 g/mol. The van der Waals surface area contributed by atoms with Gasteiger partial charge >= 0.3 is 5.97 Å². The Bertz CT molecular complexity index is 629. The molecule has 0 saturated carbocycles. The highest BCUT2D eigenvalue weighted by Crippen LogP contribution is 2.36. The number of carboxylic acids is 1. The molecule has 1 aromatic carbocycles. The van der Waals surface area contributed by atoms with Crippen LogP contribution in [0.4, 0.5) is 0 Å². The number of nitrogens with zero attached hydrogens (tertiary/aromatic N) is 1. The van der Waals surface area contributed by atoms with Gasteiger partial charge in [-0.05, 0) is 30.5 Å². The molecule has 1 aliphatic heterocycles. The fourth-order valence-corrected chi connectivity index (χ4v) is 3.15. The number of amides is 2. The van der Waals surface area contributed by atoms with E-state index in [2.05, 4.69) is 5.32 Å². The SMILES string of the molecule is COc1ccc(C2C(C(=O)NCCCC(=O)O)CCC(=O)N2C)cc1. The Kier molecular flexibility index (Phi) is 6.38. The van der Waals surface area contributed by atoms with Crippen molar-refractivity contribution in [3.05, 3.63) is 29.8 Å². The number of hydrogen-bond donors (Lipinski definition) is 2. The molecule has 1 aliphatic rings. The Morgan fingerprint density at radius 1 is 1.32 bits per heavy atom. The van der Waals surface area contributed by atoms with Gasteiger partial charge in [0.05, 0.1) is 19.1 Å². The Morgan fingerprint density at radius 3 is 2.60 bits per heavy atom. The molecule has 0 bridgehead atoms. The van der Waals surface area contributed by atoms with Gasteiger partial charge in [0, 0.05) is 26.4 Å². The lowest BCUT2D eigenvalue weighted by Gasteiger charge is -2.38. The van der Waals surface area contributed by atoms with Crippen LogP contribution in [0.5, 0.6) is 5.75 Å². The predicted molar refractivity (Wildman–Crippen MR) is 91.1 cm³/mol. The molecule has 0 spiro atoms.